The van der Waals surface area contributed by atoms with Crippen molar-refractivity contribution in [2.45, 2.75) is 38.3 Å². The maximum absolute atomic E-state index is 12.8. The molecule has 0 bridgehead atoms. The second-order valence-electron chi connectivity index (χ2n) is 5.58. The molecule has 0 atom stereocenters. The van der Waals surface area contributed by atoms with Crippen molar-refractivity contribution >= 4 is 5.96 Å². The number of alkyl halides is 3. The molecule has 0 aromatic heterocycles. The van der Waals surface area contributed by atoms with Crippen LogP contribution < -0.4 is 10.6 Å². The highest BCUT2D eigenvalue weighted by atomic mass is 19.4. The number of hydrogen-bond donors (Lipinski definition) is 2. The fourth-order valence-electron chi connectivity index (χ4n) is 2.45. The number of aliphatic imine (C=N–C) groups is 1. The maximum atomic E-state index is 12.8. The van der Waals surface area contributed by atoms with E-state index in [2.05, 4.69) is 15.6 Å². The number of benzene rings is 1. The zero-order valence-electron chi connectivity index (χ0n) is 12.9. The van der Waals surface area contributed by atoms with Gasteiger partial charge in [0.2, 0.25) is 0 Å². The summed E-state index contributed by atoms with van der Waals surface area (Å²) in [5.74, 6) is 0.711. The average Bonchev–Trinajstić information content (AvgIpc) is 3.26. The van der Waals surface area contributed by atoms with Crippen molar-refractivity contribution in [2.24, 2.45) is 4.99 Å². The summed E-state index contributed by atoms with van der Waals surface area (Å²) in [5.41, 5.74) is -0.0885. The third-order valence-corrected chi connectivity index (χ3v) is 3.88. The van der Waals surface area contributed by atoms with Gasteiger partial charge in [-0.15, -0.1) is 0 Å². The third-order valence-electron chi connectivity index (χ3n) is 3.88. The van der Waals surface area contributed by atoms with Crippen LogP contribution in [0.15, 0.2) is 29.3 Å². The van der Waals surface area contributed by atoms with Gasteiger partial charge in [-0.1, -0.05) is 18.2 Å². The fraction of sp³-hybridized carbons (Fsp3) is 0.562. The Morgan fingerprint density at radius 2 is 1.82 bits per heavy atom. The second-order valence-corrected chi connectivity index (χ2v) is 5.58. The fourth-order valence-corrected chi connectivity index (χ4v) is 2.45. The van der Waals surface area contributed by atoms with Gasteiger partial charge in [0, 0.05) is 18.5 Å². The zero-order chi connectivity index (χ0) is 16.2. The third kappa shape index (κ3) is 3.93. The lowest BCUT2D eigenvalue weighted by molar-refractivity contribution is -0.137. The lowest BCUT2D eigenvalue weighted by Crippen LogP contribution is -2.37. The predicted molar refractivity (Wildman–Crippen MR) is 82.0 cm³/mol. The first kappa shape index (κ1) is 16.6. The highest BCUT2D eigenvalue weighted by Crippen LogP contribution is 2.49. The summed E-state index contributed by atoms with van der Waals surface area (Å²) in [6.45, 7) is 5.97. The summed E-state index contributed by atoms with van der Waals surface area (Å²) < 4.78 is 38.5. The Balaban J connectivity index is 2.16. The highest BCUT2D eigenvalue weighted by molar-refractivity contribution is 5.79. The molecule has 2 N–H and O–H groups in total. The summed E-state index contributed by atoms with van der Waals surface area (Å²) in [6.07, 6.45) is -2.54. The van der Waals surface area contributed by atoms with Gasteiger partial charge in [-0.05, 0) is 38.3 Å². The molecule has 0 saturated heterocycles. The Hall–Kier alpha value is -1.72. The van der Waals surface area contributed by atoms with Crippen molar-refractivity contribution < 1.29 is 13.2 Å². The molecule has 1 aliphatic carbocycles. The number of rotatable bonds is 5. The molecule has 6 heteroatoms. The van der Waals surface area contributed by atoms with E-state index >= 15 is 0 Å². The minimum absolute atomic E-state index is 0.239. The number of halogens is 3. The smallest absolute Gasteiger partial charge is 0.357 e. The van der Waals surface area contributed by atoms with Gasteiger partial charge < -0.3 is 10.6 Å². The number of guanidine groups is 1. The minimum atomic E-state index is -4.30. The van der Waals surface area contributed by atoms with Crippen LogP contribution in [0.2, 0.25) is 0 Å². The molecule has 22 heavy (non-hydrogen) atoms. The van der Waals surface area contributed by atoms with Crippen molar-refractivity contribution in [1.82, 2.24) is 10.6 Å². The summed E-state index contributed by atoms with van der Waals surface area (Å²) >= 11 is 0. The molecule has 0 unspecified atom stereocenters. The Bertz CT molecular complexity index is 526. The van der Waals surface area contributed by atoms with Crippen molar-refractivity contribution in [3.8, 4) is 0 Å². The van der Waals surface area contributed by atoms with Crippen LogP contribution in [0, 0.1) is 0 Å². The van der Waals surface area contributed by atoms with Crippen LogP contribution in [-0.4, -0.2) is 25.6 Å². The molecule has 1 aliphatic rings. The van der Waals surface area contributed by atoms with Crippen LogP contribution in [-0.2, 0) is 11.6 Å². The first-order valence-corrected chi connectivity index (χ1v) is 7.61. The highest BCUT2D eigenvalue weighted by Gasteiger charge is 2.45. The van der Waals surface area contributed by atoms with E-state index in [9.17, 15) is 13.2 Å². The number of nitrogens with zero attached hydrogens (tertiary/aromatic N) is 1. The topological polar surface area (TPSA) is 36.4 Å². The van der Waals surface area contributed by atoms with Crippen molar-refractivity contribution in [3.05, 3.63) is 35.4 Å². The average molecular weight is 313 g/mol. The Labute approximate surface area is 129 Å². The second kappa shape index (κ2) is 6.58. The van der Waals surface area contributed by atoms with Crippen molar-refractivity contribution in [2.75, 3.05) is 19.6 Å². The monoisotopic (exact) mass is 313 g/mol. The van der Waals surface area contributed by atoms with Crippen LogP contribution in [0.3, 0.4) is 0 Å². The van der Waals surface area contributed by atoms with Gasteiger partial charge in [-0.2, -0.15) is 13.2 Å². The largest absolute Gasteiger partial charge is 0.416 e. The van der Waals surface area contributed by atoms with Gasteiger partial charge in [0.1, 0.15) is 0 Å². The summed E-state index contributed by atoms with van der Waals surface area (Å²) in [7, 11) is 0. The van der Waals surface area contributed by atoms with Crippen molar-refractivity contribution in [3.63, 3.8) is 0 Å². The van der Waals surface area contributed by atoms with Gasteiger partial charge in [0.05, 0.1) is 12.1 Å². The minimum Gasteiger partial charge on any atom is -0.357 e. The van der Waals surface area contributed by atoms with Crippen molar-refractivity contribution in [1.29, 1.82) is 0 Å². The maximum Gasteiger partial charge on any atom is 0.416 e. The molecule has 1 fully saturated rings. The Kier molecular flexibility index (Phi) is 4.98. The van der Waals surface area contributed by atoms with E-state index in [1.54, 1.807) is 6.07 Å². The molecule has 0 heterocycles. The van der Waals surface area contributed by atoms with E-state index in [4.69, 9.17) is 0 Å². The van der Waals surface area contributed by atoms with Gasteiger partial charge in [-0.25, -0.2) is 0 Å². The van der Waals surface area contributed by atoms with Gasteiger partial charge in [0.25, 0.3) is 0 Å². The lowest BCUT2D eigenvalue weighted by Gasteiger charge is -2.17. The Morgan fingerprint density at radius 1 is 1.18 bits per heavy atom. The number of nitrogens with one attached hydrogen (secondary N) is 2. The van der Waals surface area contributed by atoms with Crippen LogP contribution in [0.4, 0.5) is 13.2 Å². The molecule has 0 amide bonds. The first-order valence-electron chi connectivity index (χ1n) is 7.61. The van der Waals surface area contributed by atoms with E-state index in [-0.39, 0.29) is 5.41 Å². The van der Waals surface area contributed by atoms with E-state index in [0.717, 1.165) is 37.6 Å². The van der Waals surface area contributed by atoms with Gasteiger partial charge in [0.15, 0.2) is 5.96 Å². The molecular weight excluding hydrogens is 291 g/mol. The SMILES string of the molecule is CCNC(=NCC1(c2cccc(C(F)(F)F)c2)CC1)NCC. The normalized spacial score (nSPS) is 16.0. The molecule has 2 rings (SSSR count). The first-order chi connectivity index (χ1) is 10.4. The lowest BCUT2D eigenvalue weighted by atomic mass is 9.94. The van der Waals surface area contributed by atoms with E-state index in [1.165, 1.54) is 12.1 Å². The van der Waals surface area contributed by atoms with Crippen LogP contribution in [0.1, 0.15) is 37.8 Å². The molecule has 0 radical (unpaired) electrons. The van der Waals surface area contributed by atoms with Crippen LogP contribution in [0.25, 0.3) is 0 Å². The molecule has 1 saturated carbocycles. The molecule has 3 nitrogen and oxygen atoms in total. The summed E-state index contributed by atoms with van der Waals surface area (Å²) in [4.78, 5) is 4.52. The van der Waals surface area contributed by atoms with Gasteiger partial charge >= 0.3 is 6.18 Å². The van der Waals surface area contributed by atoms with Crippen LogP contribution in [0.5, 0.6) is 0 Å². The summed E-state index contributed by atoms with van der Waals surface area (Å²) in [5, 5.41) is 6.26. The van der Waals surface area contributed by atoms with Gasteiger partial charge in [-0.3, -0.25) is 4.99 Å². The molecule has 0 aliphatic heterocycles. The number of hydrogen-bond acceptors (Lipinski definition) is 1. The molecular formula is C16H22F3N3. The van der Waals surface area contributed by atoms with E-state index < -0.39 is 11.7 Å². The zero-order valence-corrected chi connectivity index (χ0v) is 12.9. The quantitative estimate of drug-likeness (QED) is 0.646. The van der Waals surface area contributed by atoms with E-state index in [1.807, 2.05) is 13.8 Å². The van der Waals surface area contributed by atoms with E-state index in [0.29, 0.717) is 12.5 Å². The predicted octanol–water partition coefficient (Wildman–Crippen LogP) is 3.31. The molecule has 1 aromatic carbocycles. The standard InChI is InChI=1S/C16H22F3N3/c1-3-20-14(21-4-2)22-11-15(8-9-15)12-6-5-7-13(10-12)16(17,18)19/h5-7,10H,3-4,8-9,11H2,1-2H3,(H2,20,21,22). The summed E-state index contributed by atoms with van der Waals surface area (Å²) in [6, 6.07) is 5.64. The molecule has 0 spiro atoms. The molecule has 122 valence electrons. The molecule has 1 aromatic rings. The van der Waals surface area contributed by atoms with Crippen LogP contribution >= 0.6 is 0 Å². The Morgan fingerprint density at radius 3 is 2.32 bits per heavy atom.